The van der Waals surface area contributed by atoms with Crippen molar-refractivity contribution in [1.82, 2.24) is 34.0 Å². The van der Waals surface area contributed by atoms with Gasteiger partial charge in [0, 0.05) is 37.1 Å². The maximum Gasteiger partial charge on any atom is 0.338 e. The van der Waals surface area contributed by atoms with Crippen LogP contribution in [0.25, 0.3) is 28.1 Å². The minimum atomic E-state index is -1.35. The molecule has 0 aliphatic carbocycles. The van der Waals surface area contributed by atoms with Crippen molar-refractivity contribution < 1.29 is 13.2 Å². The van der Waals surface area contributed by atoms with Crippen LogP contribution in [0.5, 0.6) is 0 Å². The highest BCUT2D eigenvalue weighted by Gasteiger charge is 2.45. The quantitative estimate of drug-likeness (QED) is 0.383. The van der Waals surface area contributed by atoms with E-state index in [4.69, 9.17) is 0 Å². The summed E-state index contributed by atoms with van der Waals surface area (Å²) in [6.07, 6.45) is 4.43. The molecule has 1 fully saturated rings. The fourth-order valence-corrected chi connectivity index (χ4v) is 5.94. The Balaban J connectivity index is 1.47. The van der Waals surface area contributed by atoms with Crippen LogP contribution in [0.2, 0.25) is 0 Å². The zero-order chi connectivity index (χ0) is 26.5. The van der Waals surface area contributed by atoms with E-state index in [1.807, 2.05) is 0 Å². The molecule has 0 amide bonds. The molecular weight excluding hydrogens is 495 g/mol. The van der Waals surface area contributed by atoms with Crippen molar-refractivity contribution in [3.8, 4) is 17.2 Å². The zero-order valence-corrected chi connectivity index (χ0v) is 20.9. The lowest BCUT2D eigenvalue weighted by atomic mass is 10.0. The highest BCUT2D eigenvalue weighted by Crippen LogP contribution is 2.45. The number of imidazole rings is 1. The van der Waals surface area contributed by atoms with E-state index in [0.29, 0.717) is 51.9 Å². The summed E-state index contributed by atoms with van der Waals surface area (Å²) < 4.78 is 51.1. The van der Waals surface area contributed by atoms with Gasteiger partial charge in [-0.1, -0.05) is 0 Å². The molecule has 0 saturated carbocycles. The standard InChI is InChI=1S/C27H24F3N7O/c1-13-10-15(11-14(2)22(13)28)37-26(21-17-4-5-18(32-17)24(30)25(21)33-37)36-9-8-35(27(36)38)20-7-6-19-16(23(20)29)12-31-34(19)3/h6-12,17-18,24,32H,4-5H2,1-3H3. The van der Waals surface area contributed by atoms with Crippen LogP contribution < -0.4 is 11.0 Å². The maximum absolute atomic E-state index is 15.5. The molecule has 2 aliphatic rings. The van der Waals surface area contributed by atoms with Gasteiger partial charge in [-0.3, -0.25) is 13.8 Å². The molecule has 1 N–H and O–H groups in total. The molecule has 0 radical (unpaired) electrons. The van der Waals surface area contributed by atoms with Crippen molar-refractivity contribution in [2.24, 2.45) is 7.05 Å². The lowest BCUT2D eigenvalue weighted by Gasteiger charge is -2.24. The van der Waals surface area contributed by atoms with Crippen LogP contribution in [-0.2, 0) is 7.05 Å². The lowest BCUT2D eigenvalue weighted by molar-refractivity contribution is 0.245. The first-order valence-corrected chi connectivity index (χ1v) is 12.5. The number of rotatable bonds is 3. The van der Waals surface area contributed by atoms with Crippen molar-refractivity contribution in [2.75, 3.05) is 0 Å². The van der Waals surface area contributed by atoms with Gasteiger partial charge in [0.15, 0.2) is 12.0 Å². The van der Waals surface area contributed by atoms with E-state index in [1.54, 1.807) is 43.8 Å². The monoisotopic (exact) mass is 519 g/mol. The molecule has 194 valence electrons. The summed E-state index contributed by atoms with van der Waals surface area (Å²) in [5.41, 5.74) is 2.33. The van der Waals surface area contributed by atoms with Gasteiger partial charge >= 0.3 is 5.69 Å². The molecular formula is C27H24F3N7O. The number of benzene rings is 2. The predicted octanol–water partition coefficient (Wildman–Crippen LogP) is 4.41. The summed E-state index contributed by atoms with van der Waals surface area (Å²) in [6, 6.07) is 5.96. The lowest BCUT2D eigenvalue weighted by Crippen LogP contribution is -2.34. The molecule has 2 bridgehead atoms. The van der Waals surface area contributed by atoms with Crippen LogP contribution in [0.15, 0.2) is 47.7 Å². The Labute approximate surface area is 214 Å². The Kier molecular flexibility index (Phi) is 4.81. The van der Waals surface area contributed by atoms with Gasteiger partial charge in [0.2, 0.25) is 0 Å². The first kappa shape index (κ1) is 23.0. The average Bonchev–Trinajstić information content (AvgIpc) is 3.66. The molecule has 8 nitrogen and oxygen atoms in total. The van der Waals surface area contributed by atoms with Crippen molar-refractivity contribution in [3.05, 3.63) is 87.4 Å². The summed E-state index contributed by atoms with van der Waals surface area (Å²) >= 11 is 0. The van der Waals surface area contributed by atoms with Gasteiger partial charge in [0.1, 0.15) is 17.3 Å². The normalized spacial score (nSPS) is 20.4. The van der Waals surface area contributed by atoms with Crippen molar-refractivity contribution >= 4 is 10.9 Å². The predicted molar refractivity (Wildman–Crippen MR) is 135 cm³/mol. The number of nitrogens with one attached hydrogen (secondary N) is 1. The van der Waals surface area contributed by atoms with Crippen LogP contribution in [0.4, 0.5) is 13.2 Å². The molecule has 2 aliphatic heterocycles. The van der Waals surface area contributed by atoms with Gasteiger partial charge in [-0.25, -0.2) is 22.6 Å². The van der Waals surface area contributed by atoms with Gasteiger partial charge in [-0.2, -0.15) is 10.2 Å². The van der Waals surface area contributed by atoms with Gasteiger partial charge in [0.25, 0.3) is 0 Å². The Hall–Kier alpha value is -4.12. The zero-order valence-electron chi connectivity index (χ0n) is 20.9. The Morgan fingerprint density at radius 3 is 2.53 bits per heavy atom. The van der Waals surface area contributed by atoms with Crippen LogP contribution in [0.1, 0.15) is 47.4 Å². The van der Waals surface area contributed by atoms with Crippen molar-refractivity contribution in [1.29, 1.82) is 0 Å². The van der Waals surface area contributed by atoms with Crippen LogP contribution in [0, 0.1) is 25.5 Å². The van der Waals surface area contributed by atoms with E-state index >= 15 is 8.78 Å². The number of alkyl halides is 1. The largest absolute Gasteiger partial charge is 0.338 e. The number of hydrogen-bond donors (Lipinski definition) is 1. The molecule has 3 unspecified atom stereocenters. The summed E-state index contributed by atoms with van der Waals surface area (Å²) in [7, 11) is 1.72. The maximum atomic E-state index is 15.5. The second-order valence-corrected chi connectivity index (χ2v) is 10.2. The average molecular weight is 520 g/mol. The molecule has 5 heterocycles. The number of hydrogen-bond acceptors (Lipinski definition) is 4. The van der Waals surface area contributed by atoms with Crippen LogP contribution in [0.3, 0.4) is 0 Å². The van der Waals surface area contributed by atoms with Crippen LogP contribution in [-0.4, -0.2) is 34.7 Å². The molecule has 3 aromatic heterocycles. The number of halogens is 3. The molecule has 3 atom stereocenters. The molecule has 7 rings (SSSR count). The number of fused-ring (bicyclic) bond motifs is 5. The SMILES string of the molecule is Cc1cc(-n2nc3c(c2-n2ccn(-c4ccc5c(cnn5C)c4F)c2=O)C2CCC(N2)C3F)cc(C)c1F. The van der Waals surface area contributed by atoms with E-state index in [2.05, 4.69) is 15.5 Å². The molecule has 2 aromatic carbocycles. The molecule has 0 spiro atoms. The van der Waals surface area contributed by atoms with Crippen molar-refractivity contribution in [2.45, 2.75) is 44.9 Å². The number of aryl methyl sites for hydroxylation is 3. The highest BCUT2D eigenvalue weighted by atomic mass is 19.1. The van der Waals surface area contributed by atoms with Gasteiger partial charge in [-0.05, 0) is 62.1 Å². The van der Waals surface area contributed by atoms with E-state index in [-0.39, 0.29) is 29.3 Å². The van der Waals surface area contributed by atoms with Gasteiger partial charge < -0.3 is 5.32 Å². The fraction of sp³-hybridized carbons (Fsp3) is 0.296. The fourth-order valence-electron chi connectivity index (χ4n) is 5.94. The minimum absolute atomic E-state index is 0.0741. The first-order valence-electron chi connectivity index (χ1n) is 12.5. The van der Waals surface area contributed by atoms with Gasteiger partial charge in [-0.15, -0.1) is 0 Å². The van der Waals surface area contributed by atoms with E-state index in [1.165, 1.54) is 38.5 Å². The smallest absolute Gasteiger partial charge is 0.304 e. The minimum Gasteiger partial charge on any atom is -0.304 e. The van der Waals surface area contributed by atoms with Gasteiger partial charge in [0.05, 0.1) is 28.5 Å². The van der Waals surface area contributed by atoms with E-state index < -0.39 is 17.7 Å². The first-order chi connectivity index (χ1) is 18.2. The van der Waals surface area contributed by atoms with E-state index in [0.717, 1.165) is 0 Å². The number of aromatic nitrogens is 6. The van der Waals surface area contributed by atoms with Crippen LogP contribution >= 0.6 is 0 Å². The Bertz CT molecular complexity index is 1810. The van der Waals surface area contributed by atoms with E-state index in [9.17, 15) is 9.18 Å². The molecule has 38 heavy (non-hydrogen) atoms. The summed E-state index contributed by atoms with van der Waals surface area (Å²) in [5.74, 6) is -0.543. The Morgan fingerprint density at radius 2 is 1.76 bits per heavy atom. The molecule has 11 heteroatoms. The third-order valence-electron chi connectivity index (χ3n) is 7.85. The summed E-state index contributed by atoms with van der Waals surface area (Å²) in [5, 5.41) is 12.4. The summed E-state index contributed by atoms with van der Waals surface area (Å²) in [6.45, 7) is 3.30. The highest BCUT2D eigenvalue weighted by molar-refractivity contribution is 5.81. The second kappa shape index (κ2) is 7.94. The Morgan fingerprint density at radius 1 is 1.03 bits per heavy atom. The molecule has 5 aromatic rings. The third kappa shape index (κ3) is 3.05. The van der Waals surface area contributed by atoms with Crippen molar-refractivity contribution in [3.63, 3.8) is 0 Å². The topological polar surface area (TPSA) is 74.6 Å². The third-order valence-corrected chi connectivity index (χ3v) is 7.85. The number of nitrogens with zero attached hydrogens (tertiary/aromatic N) is 6. The summed E-state index contributed by atoms with van der Waals surface area (Å²) in [4.78, 5) is 13.8. The second-order valence-electron chi connectivity index (χ2n) is 10.2. The molecule has 1 saturated heterocycles.